The van der Waals surface area contributed by atoms with Gasteiger partial charge in [-0.1, -0.05) is 36.4 Å². The van der Waals surface area contributed by atoms with Gasteiger partial charge in [0.25, 0.3) is 0 Å². The zero-order valence-corrected chi connectivity index (χ0v) is 12.4. The van der Waals surface area contributed by atoms with Gasteiger partial charge in [-0.15, -0.1) is 0 Å². The molecule has 5 heteroatoms. The Labute approximate surface area is 129 Å². The van der Waals surface area contributed by atoms with E-state index in [0.717, 1.165) is 30.1 Å². The molecule has 0 radical (unpaired) electrons. The molecule has 0 atom stereocenters. The van der Waals surface area contributed by atoms with Crippen LogP contribution in [0.3, 0.4) is 0 Å². The largest absolute Gasteiger partial charge is 0.348 e. The quantitative estimate of drug-likeness (QED) is 0.536. The van der Waals surface area contributed by atoms with Crippen LogP contribution in [0.2, 0.25) is 0 Å². The third-order valence-electron chi connectivity index (χ3n) is 3.36. The molecule has 1 saturated heterocycles. The Balaban J connectivity index is 1.87. The van der Waals surface area contributed by atoms with E-state index in [2.05, 4.69) is 20.4 Å². The van der Waals surface area contributed by atoms with E-state index in [9.17, 15) is 0 Å². The summed E-state index contributed by atoms with van der Waals surface area (Å²) < 4.78 is 0. The van der Waals surface area contributed by atoms with Crippen LogP contribution in [0.15, 0.2) is 59.8 Å². The van der Waals surface area contributed by atoms with Crippen LogP contribution < -0.4 is 5.43 Å². The summed E-state index contributed by atoms with van der Waals surface area (Å²) in [5.74, 6) is 0. The normalized spacial score (nSPS) is 14.5. The van der Waals surface area contributed by atoms with Crippen molar-refractivity contribution in [1.29, 1.82) is 0 Å². The summed E-state index contributed by atoms with van der Waals surface area (Å²) >= 11 is 5.33. The van der Waals surface area contributed by atoms with Crippen molar-refractivity contribution in [2.24, 2.45) is 5.10 Å². The summed E-state index contributed by atoms with van der Waals surface area (Å²) in [6.45, 7) is 2.01. The standard InChI is InChI=1S/C16H16N4S/c21-16(20-11-6-12-20)19-18-15(13-7-2-1-3-8-13)14-9-4-5-10-17-14/h1-5,7-10H,6,11-12H2,(H,19,21)/b18-15+. The smallest absolute Gasteiger partial charge is 0.189 e. The first kappa shape index (κ1) is 13.7. The minimum absolute atomic E-state index is 0.672. The van der Waals surface area contributed by atoms with E-state index in [0.29, 0.717) is 5.11 Å². The second kappa shape index (κ2) is 6.45. The Hall–Kier alpha value is -2.27. The summed E-state index contributed by atoms with van der Waals surface area (Å²) in [5, 5.41) is 5.16. The van der Waals surface area contributed by atoms with Crippen LogP contribution >= 0.6 is 12.2 Å². The highest BCUT2D eigenvalue weighted by molar-refractivity contribution is 7.80. The van der Waals surface area contributed by atoms with Crippen molar-refractivity contribution < 1.29 is 0 Å². The van der Waals surface area contributed by atoms with Crippen LogP contribution in [-0.2, 0) is 0 Å². The average molecular weight is 296 g/mol. The zero-order chi connectivity index (χ0) is 14.5. The van der Waals surface area contributed by atoms with Gasteiger partial charge in [0.15, 0.2) is 5.11 Å². The predicted octanol–water partition coefficient (Wildman–Crippen LogP) is 2.41. The molecular weight excluding hydrogens is 280 g/mol. The number of hydrazone groups is 1. The summed E-state index contributed by atoms with van der Waals surface area (Å²) in [6, 6.07) is 15.8. The Kier molecular flexibility index (Phi) is 4.21. The Morgan fingerprint density at radius 2 is 1.86 bits per heavy atom. The number of likely N-dealkylation sites (tertiary alicyclic amines) is 1. The van der Waals surface area contributed by atoms with Crippen LogP contribution in [0.4, 0.5) is 0 Å². The van der Waals surface area contributed by atoms with E-state index >= 15 is 0 Å². The summed E-state index contributed by atoms with van der Waals surface area (Å²) in [4.78, 5) is 6.48. The summed E-state index contributed by atoms with van der Waals surface area (Å²) in [5.41, 5.74) is 5.61. The lowest BCUT2D eigenvalue weighted by molar-refractivity contribution is 0.296. The topological polar surface area (TPSA) is 40.5 Å². The molecule has 3 rings (SSSR count). The molecule has 0 saturated carbocycles. The molecule has 2 heterocycles. The van der Waals surface area contributed by atoms with Gasteiger partial charge < -0.3 is 4.90 Å². The second-order valence-electron chi connectivity index (χ2n) is 4.80. The summed E-state index contributed by atoms with van der Waals surface area (Å²) in [6.07, 6.45) is 2.96. The minimum Gasteiger partial charge on any atom is -0.348 e. The van der Waals surface area contributed by atoms with Crippen molar-refractivity contribution in [2.75, 3.05) is 13.1 Å². The molecule has 2 aromatic rings. The van der Waals surface area contributed by atoms with Gasteiger partial charge in [-0.2, -0.15) is 5.10 Å². The molecule has 0 amide bonds. The highest BCUT2D eigenvalue weighted by atomic mass is 32.1. The van der Waals surface area contributed by atoms with Crippen LogP contribution in [0.1, 0.15) is 17.7 Å². The van der Waals surface area contributed by atoms with Crippen molar-refractivity contribution in [1.82, 2.24) is 15.3 Å². The maximum absolute atomic E-state index is 5.33. The number of hydrogen-bond donors (Lipinski definition) is 1. The van der Waals surface area contributed by atoms with Crippen molar-refractivity contribution in [3.8, 4) is 0 Å². The van der Waals surface area contributed by atoms with Crippen LogP contribution in [0, 0.1) is 0 Å². The fourth-order valence-corrected chi connectivity index (χ4v) is 2.29. The predicted molar refractivity (Wildman–Crippen MR) is 88.2 cm³/mol. The molecule has 21 heavy (non-hydrogen) atoms. The molecule has 0 aliphatic carbocycles. The van der Waals surface area contributed by atoms with E-state index in [1.54, 1.807) is 6.20 Å². The lowest BCUT2D eigenvalue weighted by Gasteiger charge is -2.32. The van der Waals surface area contributed by atoms with Crippen LogP contribution in [-0.4, -0.2) is 33.8 Å². The first-order chi connectivity index (χ1) is 10.3. The van der Waals surface area contributed by atoms with E-state index in [4.69, 9.17) is 12.2 Å². The molecule has 1 aliphatic heterocycles. The number of rotatable bonds is 3. The maximum Gasteiger partial charge on any atom is 0.189 e. The molecular formula is C16H16N4S. The van der Waals surface area contributed by atoms with Gasteiger partial charge in [0.1, 0.15) is 5.71 Å². The molecule has 1 N–H and O–H groups in total. The van der Waals surface area contributed by atoms with Gasteiger partial charge in [-0.05, 0) is 30.8 Å². The SMILES string of the molecule is S=C(N/N=C(\c1ccccc1)c1ccccn1)N1CCC1. The zero-order valence-electron chi connectivity index (χ0n) is 11.6. The fraction of sp³-hybridized carbons (Fsp3) is 0.188. The number of aromatic nitrogens is 1. The van der Waals surface area contributed by atoms with Gasteiger partial charge in [0.05, 0.1) is 5.69 Å². The summed E-state index contributed by atoms with van der Waals surface area (Å²) in [7, 11) is 0. The van der Waals surface area contributed by atoms with E-state index in [-0.39, 0.29) is 0 Å². The first-order valence-electron chi connectivity index (χ1n) is 6.94. The number of pyridine rings is 1. The van der Waals surface area contributed by atoms with Crippen LogP contribution in [0.25, 0.3) is 0 Å². The van der Waals surface area contributed by atoms with E-state index < -0.39 is 0 Å². The number of nitrogens with zero attached hydrogens (tertiary/aromatic N) is 3. The Bertz CT molecular complexity index is 594. The van der Waals surface area contributed by atoms with Crippen molar-refractivity contribution >= 4 is 23.0 Å². The van der Waals surface area contributed by atoms with Gasteiger partial charge in [-0.3, -0.25) is 10.4 Å². The lowest BCUT2D eigenvalue weighted by atomic mass is 10.1. The van der Waals surface area contributed by atoms with Crippen molar-refractivity contribution in [3.63, 3.8) is 0 Å². The van der Waals surface area contributed by atoms with Gasteiger partial charge >= 0.3 is 0 Å². The molecule has 1 fully saturated rings. The third-order valence-corrected chi connectivity index (χ3v) is 3.71. The highest BCUT2D eigenvalue weighted by Crippen LogP contribution is 2.09. The highest BCUT2D eigenvalue weighted by Gasteiger charge is 2.17. The van der Waals surface area contributed by atoms with Gasteiger partial charge in [0.2, 0.25) is 0 Å². The molecule has 1 aliphatic rings. The Morgan fingerprint density at radius 1 is 1.10 bits per heavy atom. The molecule has 0 unspecified atom stereocenters. The van der Waals surface area contributed by atoms with Gasteiger partial charge in [0, 0.05) is 24.8 Å². The number of nitrogens with one attached hydrogen (secondary N) is 1. The molecule has 106 valence electrons. The van der Waals surface area contributed by atoms with Crippen molar-refractivity contribution in [3.05, 3.63) is 66.0 Å². The first-order valence-corrected chi connectivity index (χ1v) is 7.35. The number of thiocarbonyl (C=S) groups is 1. The molecule has 0 bridgehead atoms. The second-order valence-corrected chi connectivity index (χ2v) is 5.19. The molecule has 4 nitrogen and oxygen atoms in total. The van der Waals surface area contributed by atoms with Crippen molar-refractivity contribution in [2.45, 2.75) is 6.42 Å². The minimum atomic E-state index is 0.672. The van der Waals surface area contributed by atoms with Gasteiger partial charge in [-0.25, -0.2) is 0 Å². The molecule has 0 spiro atoms. The fourth-order valence-electron chi connectivity index (χ4n) is 2.06. The lowest BCUT2D eigenvalue weighted by Crippen LogP contribution is -2.46. The van der Waals surface area contributed by atoms with E-state index in [1.807, 2.05) is 48.5 Å². The maximum atomic E-state index is 5.33. The Morgan fingerprint density at radius 3 is 2.48 bits per heavy atom. The third kappa shape index (κ3) is 3.25. The van der Waals surface area contributed by atoms with Crippen LogP contribution in [0.5, 0.6) is 0 Å². The number of hydrogen-bond acceptors (Lipinski definition) is 3. The average Bonchev–Trinajstić information content (AvgIpc) is 2.48. The van der Waals surface area contributed by atoms with E-state index in [1.165, 1.54) is 6.42 Å². The number of benzene rings is 1. The monoisotopic (exact) mass is 296 g/mol. The molecule has 1 aromatic heterocycles. The molecule has 1 aromatic carbocycles.